The van der Waals surface area contributed by atoms with Gasteiger partial charge in [0.05, 0.1) is 19.1 Å². The van der Waals surface area contributed by atoms with Crippen LogP contribution in [0.3, 0.4) is 0 Å². The fraction of sp³-hybridized carbons (Fsp3) is 0.531. The van der Waals surface area contributed by atoms with Gasteiger partial charge >= 0.3 is 5.97 Å². The van der Waals surface area contributed by atoms with Crippen LogP contribution in [0.2, 0.25) is 0 Å². The fourth-order valence-corrected chi connectivity index (χ4v) is 5.41. The Morgan fingerprint density at radius 3 is 2.61 bits per heavy atom. The number of nitrogens with one attached hydrogen (secondary N) is 2. The van der Waals surface area contributed by atoms with Crippen LogP contribution in [0.25, 0.3) is 0 Å². The summed E-state index contributed by atoms with van der Waals surface area (Å²) in [5.74, 6) is 0.753. The standard InChI is InChI=1S/C32H43N3O6/c1-3-40-31(38)32(19-24-11-12-24)20-26-13-14-27(39-2)28(18-26)41-22-30(37)33-15-17-35(16-7-10-29(36)34-23-32)21-25-8-5-4-6-9-25/h4-6,8-9,13-14,18,24H,3,7,10-12,15-17,19-23H2,1-2H3,(H,33,37)(H,34,36). The topological polar surface area (TPSA) is 106 Å². The van der Waals surface area contributed by atoms with E-state index in [1.54, 1.807) is 20.1 Å². The predicted molar refractivity (Wildman–Crippen MR) is 156 cm³/mol. The maximum Gasteiger partial charge on any atom is 0.314 e. The third-order valence-corrected chi connectivity index (χ3v) is 7.72. The second-order valence-corrected chi connectivity index (χ2v) is 11.1. The van der Waals surface area contributed by atoms with E-state index >= 15 is 0 Å². The van der Waals surface area contributed by atoms with Gasteiger partial charge in [-0.1, -0.05) is 49.2 Å². The van der Waals surface area contributed by atoms with E-state index in [2.05, 4.69) is 27.7 Å². The van der Waals surface area contributed by atoms with E-state index in [4.69, 9.17) is 14.2 Å². The molecule has 1 atom stereocenters. The highest BCUT2D eigenvalue weighted by Crippen LogP contribution is 2.43. The molecule has 2 aromatic carbocycles. The molecule has 1 aliphatic heterocycles. The van der Waals surface area contributed by atoms with Gasteiger partial charge in [-0.15, -0.1) is 0 Å². The molecule has 2 bridgehead atoms. The summed E-state index contributed by atoms with van der Waals surface area (Å²) in [6.45, 7) is 4.62. The zero-order valence-electron chi connectivity index (χ0n) is 24.3. The van der Waals surface area contributed by atoms with E-state index in [0.717, 1.165) is 18.4 Å². The van der Waals surface area contributed by atoms with Gasteiger partial charge in [-0.25, -0.2) is 0 Å². The number of rotatable bonds is 7. The normalized spacial score (nSPS) is 21.4. The first-order valence-corrected chi connectivity index (χ1v) is 14.7. The fourth-order valence-electron chi connectivity index (χ4n) is 5.41. The number of methoxy groups -OCH3 is 1. The first-order valence-electron chi connectivity index (χ1n) is 14.7. The Balaban J connectivity index is 1.58. The second kappa shape index (κ2) is 14.9. The summed E-state index contributed by atoms with van der Waals surface area (Å²) >= 11 is 0. The number of nitrogens with zero attached hydrogens (tertiary/aromatic N) is 1. The summed E-state index contributed by atoms with van der Waals surface area (Å²) in [7, 11) is 1.55. The van der Waals surface area contributed by atoms with Gasteiger partial charge in [0.2, 0.25) is 5.91 Å². The van der Waals surface area contributed by atoms with Gasteiger partial charge in [0.25, 0.3) is 5.91 Å². The van der Waals surface area contributed by atoms with E-state index in [-0.39, 0.29) is 37.5 Å². The molecule has 4 rings (SSSR count). The zero-order valence-corrected chi connectivity index (χ0v) is 24.3. The highest BCUT2D eigenvalue weighted by molar-refractivity contribution is 5.80. The second-order valence-electron chi connectivity index (χ2n) is 11.1. The molecule has 0 saturated heterocycles. The number of ether oxygens (including phenoxy) is 3. The highest BCUT2D eigenvalue weighted by Gasteiger charge is 2.44. The zero-order chi connectivity index (χ0) is 29.1. The lowest BCUT2D eigenvalue weighted by Gasteiger charge is -2.32. The largest absolute Gasteiger partial charge is 0.493 e. The van der Waals surface area contributed by atoms with Gasteiger partial charge in [-0.05, 0) is 61.9 Å². The highest BCUT2D eigenvalue weighted by atomic mass is 16.5. The Hall–Kier alpha value is -3.59. The number of carbonyl (C=O) groups excluding carboxylic acids is 3. The van der Waals surface area contributed by atoms with Gasteiger partial charge in [0, 0.05) is 32.6 Å². The molecule has 2 amide bonds. The minimum absolute atomic E-state index is 0.0812. The Morgan fingerprint density at radius 1 is 1.07 bits per heavy atom. The third-order valence-electron chi connectivity index (χ3n) is 7.72. The molecule has 0 aromatic heterocycles. The third kappa shape index (κ3) is 9.21. The molecule has 0 spiro atoms. The summed E-state index contributed by atoms with van der Waals surface area (Å²) < 4.78 is 17.0. The molecule has 9 nitrogen and oxygen atoms in total. The Bertz CT molecular complexity index is 1170. The van der Waals surface area contributed by atoms with Crippen LogP contribution in [0.5, 0.6) is 11.5 Å². The van der Waals surface area contributed by atoms with Gasteiger partial charge in [-0.3, -0.25) is 19.3 Å². The van der Waals surface area contributed by atoms with Crippen molar-refractivity contribution in [2.75, 3.05) is 46.5 Å². The van der Waals surface area contributed by atoms with Crippen molar-refractivity contribution in [2.24, 2.45) is 11.3 Å². The van der Waals surface area contributed by atoms with Crippen molar-refractivity contribution < 1.29 is 28.6 Å². The number of hydrogen-bond donors (Lipinski definition) is 2. The van der Waals surface area contributed by atoms with Gasteiger partial charge < -0.3 is 24.8 Å². The molecule has 1 heterocycles. The lowest BCUT2D eigenvalue weighted by molar-refractivity contribution is -0.156. The minimum atomic E-state index is -0.902. The van der Waals surface area contributed by atoms with Crippen molar-refractivity contribution in [1.82, 2.24) is 15.5 Å². The van der Waals surface area contributed by atoms with Crippen LogP contribution in [-0.4, -0.2) is 69.2 Å². The lowest BCUT2D eigenvalue weighted by Crippen LogP contribution is -2.46. The van der Waals surface area contributed by atoms with Gasteiger partial charge in [0.1, 0.15) is 0 Å². The van der Waals surface area contributed by atoms with Crippen molar-refractivity contribution in [3.8, 4) is 11.5 Å². The number of amides is 2. The molecule has 1 saturated carbocycles. The number of carbonyl (C=O) groups is 3. The molecule has 9 heteroatoms. The molecule has 1 aliphatic carbocycles. The number of esters is 1. The molecular formula is C32H43N3O6. The van der Waals surface area contributed by atoms with Crippen molar-refractivity contribution >= 4 is 17.8 Å². The first kappa shape index (κ1) is 30.4. The van der Waals surface area contributed by atoms with E-state index in [1.807, 2.05) is 30.3 Å². The van der Waals surface area contributed by atoms with Crippen molar-refractivity contribution in [2.45, 2.75) is 52.0 Å². The maximum absolute atomic E-state index is 13.5. The number of hydrogen-bond acceptors (Lipinski definition) is 7. The quantitative estimate of drug-likeness (QED) is 0.495. The van der Waals surface area contributed by atoms with Crippen LogP contribution in [0.4, 0.5) is 0 Å². The van der Waals surface area contributed by atoms with Crippen LogP contribution >= 0.6 is 0 Å². The van der Waals surface area contributed by atoms with Crippen LogP contribution in [-0.2, 0) is 32.1 Å². The van der Waals surface area contributed by atoms with Gasteiger partial charge in [-0.2, -0.15) is 0 Å². The Kier molecular flexibility index (Phi) is 11.0. The van der Waals surface area contributed by atoms with E-state index in [0.29, 0.717) is 69.3 Å². The SMILES string of the molecule is CCOC(=O)C1(CC2CC2)CNC(=O)CCCN(Cc2ccccc2)CCNC(=O)COc2cc(ccc2OC)C1. The molecule has 2 N–H and O–H groups in total. The average Bonchev–Trinajstić information content (AvgIpc) is 3.79. The van der Waals surface area contributed by atoms with Crippen molar-refractivity contribution in [1.29, 1.82) is 0 Å². The predicted octanol–water partition coefficient (Wildman–Crippen LogP) is 3.49. The summed E-state index contributed by atoms with van der Waals surface area (Å²) in [4.78, 5) is 41.4. The van der Waals surface area contributed by atoms with Crippen molar-refractivity contribution in [3.05, 3.63) is 59.7 Å². The molecule has 2 aliphatic rings. The Morgan fingerprint density at radius 2 is 1.88 bits per heavy atom. The van der Waals surface area contributed by atoms with Crippen LogP contribution in [0.15, 0.2) is 48.5 Å². The van der Waals surface area contributed by atoms with Crippen LogP contribution in [0, 0.1) is 11.3 Å². The average molecular weight is 566 g/mol. The van der Waals surface area contributed by atoms with Gasteiger partial charge in [0.15, 0.2) is 18.1 Å². The molecule has 2 aromatic rings. The molecule has 222 valence electrons. The molecule has 1 unspecified atom stereocenters. The minimum Gasteiger partial charge on any atom is -0.493 e. The molecule has 1 fully saturated rings. The van der Waals surface area contributed by atoms with Crippen LogP contribution in [0.1, 0.15) is 50.2 Å². The summed E-state index contributed by atoms with van der Waals surface area (Å²) in [5, 5.41) is 6.02. The van der Waals surface area contributed by atoms with Crippen molar-refractivity contribution in [3.63, 3.8) is 0 Å². The van der Waals surface area contributed by atoms with E-state index < -0.39 is 5.41 Å². The summed E-state index contributed by atoms with van der Waals surface area (Å²) in [5.41, 5.74) is 1.11. The molecule has 0 radical (unpaired) electrons. The molecule has 41 heavy (non-hydrogen) atoms. The van der Waals surface area contributed by atoms with E-state index in [1.165, 1.54) is 5.56 Å². The van der Waals surface area contributed by atoms with E-state index in [9.17, 15) is 14.4 Å². The van der Waals surface area contributed by atoms with Crippen LogP contribution < -0.4 is 20.1 Å². The monoisotopic (exact) mass is 565 g/mol. The smallest absolute Gasteiger partial charge is 0.314 e. The maximum atomic E-state index is 13.5. The first-order chi connectivity index (χ1) is 19.9. The summed E-state index contributed by atoms with van der Waals surface area (Å²) in [6, 6.07) is 15.6. The summed E-state index contributed by atoms with van der Waals surface area (Å²) in [6.07, 6.45) is 4.16. The lowest BCUT2D eigenvalue weighted by atomic mass is 9.76. The number of benzene rings is 2. The molecular weight excluding hydrogens is 522 g/mol. The Labute approximate surface area is 242 Å². The number of fused-ring (bicyclic) bond motifs is 2.